The Balaban J connectivity index is 1.36. The van der Waals surface area contributed by atoms with Gasteiger partial charge in [-0.1, -0.05) is 12.2 Å². The van der Waals surface area contributed by atoms with Gasteiger partial charge in [0.15, 0.2) is 0 Å². The average molecular weight is 237 g/mol. The molecule has 0 aromatic rings. The van der Waals surface area contributed by atoms with Crippen LogP contribution in [-0.4, -0.2) is 24.6 Å². The highest BCUT2D eigenvalue weighted by Crippen LogP contribution is 2.42. The smallest absolute Gasteiger partial charge is 0.00146 e. The molecule has 1 heterocycles. The summed E-state index contributed by atoms with van der Waals surface area (Å²) in [4.78, 5) is 0. The van der Waals surface area contributed by atoms with E-state index in [9.17, 15) is 0 Å². The molecule has 2 bridgehead atoms. The van der Waals surface area contributed by atoms with Crippen molar-refractivity contribution in [2.45, 2.75) is 25.7 Å². The summed E-state index contributed by atoms with van der Waals surface area (Å²) in [6.45, 7) is 2.55. The van der Waals surface area contributed by atoms with Crippen LogP contribution in [0, 0.1) is 23.7 Å². The van der Waals surface area contributed by atoms with Gasteiger partial charge in [0.05, 0.1) is 0 Å². The van der Waals surface area contributed by atoms with E-state index in [4.69, 9.17) is 0 Å². The van der Waals surface area contributed by atoms with Gasteiger partial charge in [-0.2, -0.15) is 11.8 Å². The SMILES string of the molecule is C1=CC2CC1CC2CNCC1CCSCC1. The fraction of sp³-hybridized carbons (Fsp3) is 0.857. The molecule has 90 valence electrons. The lowest BCUT2D eigenvalue weighted by Gasteiger charge is -2.24. The van der Waals surface area contributed by atoms with Crippen LogP contribution in [0.1, 0.15) is 25.7 Å². The summed E-state index contributed by atoms with van der Waals surface area (Å²) in [6.07, 6.45) is 10.7. The lowest BCUT2D eigenvalue weighted by atomic mass is 9.93. The van der Waals surface area contributed by atoms with Crippen LogP contribution < -0.4 is 5.32 Å². The summed E-state index contributed by atoms with van der Waals surface area (Å²) in [6, 6.07) is 0. The van der Waals surface area contributed by atoms with Crippen molar-refractivity contribution in [1.29, 1.82) is 0 Å². The van der Waals surface area contributed by atoms with Crippen LogP contribution in [0.25, 0.3) is 0 Å². The molecule has 0 amide bonds. The minimum atomic E-state index is 0.916. The first-order valence-corrected chi connectivity index (χ1v) is 8.04. The second-order valence-corrected chi connectivity index (χ2v) is 6.98. The minimum Gasteiger partial charge on any atom is -0.316 e. The van der Waals surface area contributed by atoms with Gasteiger partial charge in [-0.3, -0.25) is 0 Å². The highest BCUT2D eigenvalue weighted by molar-refractivity contribution is 7.99. The molecule has 0 radical (unpaired) electrons. The molecule has 1 saturated heterocycles. The summed E-state index contributed by atoms with van der Waals surface area (Å²) in [7, 11) is 0. The van der Waals surface area contributed by atoms with Crippen LogP contribution >= 0.6 is 11.8 Å². The van der Waals surface area contributed by atoms with Crippen molar-refractivity contribution in [3.05, 3.63) is 12.2 Å². The van der Waals surface area contributed by atoms with Gasteiger partial charge in [-0.25, -0.2) is 0 Å². The fourth-order valence-corrected chi connectivity index (χ4v) is 4.76. The van der Waals surface area contributed by atoms with E-state index in [0.29, 0.717) is 0 Å². The Morgan fingerprint density at radius 2 is 1.94 bits per heavy atom. The second kappa shape index (κ2) is 5.14. The number of fused-ring (bicyclic) bond motifs is 2. The van der Waals surface area contributed by atoms with Crippen LogP contribution in [0.3, 0.4) is 0 Å². The normalized spacial score (nSPS) is 38.4. The number of thioether (sulfide) groups is 1. The molecule has 3 atom stereocenters. The molecule has 2 aliphatic carbocycles. The third-order valence-corrected chi connectivity index (χ3v) is 5.65. The van der Waals surface area contributed by atoms with Gasteiger partial charge in [-0.15, -0.1) is 0 Å². The molecular weight excluding hydrogens is 214 g/mol. The third-order valence-electron chi connectivity index (χ3n) is 4.60. The summed E-state index contributed by atoms with van der Waals surface area (Å²) >= 11 is 2.13. The van der Waals surface area contributed by atoms with Crippen molar-refractivity contribution in [2.75, 3.05) is 24.6 Å². The first kappa shape index (κ1) is 11.2. The predicted molar refractivity (Wildman–Crippen MR) is 71.8 cm³/mol. The quantitative estimate of drug-likeness (QED) is 0.755. The minimum absolute atomic E-state index is 0.916. The molecule has 16 heavy (non-hydrogen) atoms. The first-order chi connectivity index (χ1) is 7.92. The molecular formula is C14H23NS. The second-order valence-electron chi connectivity index (χ2n) is 5.75. The number of rotatable bonds is 4. The van der Waals surface area contributed by atoms with E-state index in [-0.39, 0.29) is 0 Å². The van der Waals surface area contributed by atoms with Crippen LogP contribution in [0.4, 0.5) is 0 Å². The molecule has 3 aliphatic rings. The van der Waals surface area contributed by atoms with Gasteiger partial charge in [0.25, 0.3) is 0 Å². The molecule has 3 unspecified atom stereocenters. The van der Waals surface area contributed by atoms with E-state index in [0.717, 1.165) is 23.7 Å². The highest BCUT2D eigenvalue weighted by Gasteiger charge is 2.35. The van der Waals surface area contributed by atoms with Gasteiger partial charge >= 0.3 is 0 Å². The monoisotopic (exact) mass is 237 g/mol. The Kier molecular flexibility index (Phi) is 3.58. The van der Waals surface area contributed by atoms with Crippen LogP contribution in [0.15, 0.2) is 12.2 Å². The Bertz CT molecular complexity index is 257. The summed E-state index contributed by atoms with van der Waals surface area (Å²) in [5.41, 5.74) is 0. The zero-order valence-corrected chi connectivity index (χ0v) is 10.8. The molecule has 0 aromatic heterocycles. The van der Waals surface area contributed by atoms with E-state index in [1.807, 2.05) is 0 Å². The summed E-state index contributed by atoms with van der Waals surface area (Å²) in [5.74, 6) is 6.55. The molecule has 3 rings (SSSR count). The Labute approximate surface area is 103 Å². The fourth-order valence-electron chi connectivity index (χ4n) is 3.55. The van der Waals surface area contributed by atoms with Crippen molar-refractivity contribution >= 4 is 11.8 Å². The maximum atomic E-state index is 3.74. The Morgan fingerprint density at radius 1 is 1.06 bits per heavy atom. The zero-order valence-electron chi connectivity index (χ0n) is 10.0. The van der Waals surface area contributed by atoms with Crippen LogP contribution in [0.5, 0.6) is 0 Å². The van der Waals surface area contributed by atoms with E-state index in [2.05, 4.69) is 29.2 Å². The lowest BCUT2D eigenvalue weighted by molar-refractivity contribution is 0.378. The number of allylic oxidation sites excluding steroid dienone is 2. The van der Waals surface area contributed by atoms with Crippen molar-refractivity contribution in [2.24, 2.45) is 23.7 Å². The molecule has 0 spiro atoms. The summed E-state index contributed by atoms with van der Waals surface area (Å²) in [5, 5.41) is 3.74. The van der Waals surface area contributed by atoms with Gasteiger partial charge in [0.1, 0.15) is 0 Å². The topological polar surface area (TPSA) is 12.0 Å². The van der Waals surface area contributed by atoms with Crippen LogP contribution in [0.2, 0.25) is 0 Å². The van der Waals surface area contributed by atoms with E-state index >= 15 is 0 Å². The van der Waals surface area contributed by atoms with Crippen molar-refractivity contribution in [3.63, 3.8) is 0 Å². The van der Waals surface area contributed by atoms with Gasteiger partial charge in [0.2, 0.25) is 0 Å². The number of hydrogen-bond acceptors (Lipinski definition) is 2. The maximum absolute atomic E-state index is 3.74. The predicted octanol–water partition coefficient (Wildman–Crippen LogP) is 2.93. The molecule has 1 saturated carbocycles. The van der Waals surface area contributed by atoms with Gasteiger partial charge in [-0.05, 0) is 74.0 Å². The third kappa shape index (κ3) is 2.48. The van der Waals surface area contributed by atoms with Crippen molar-refractivity contribution in [3.8, 4) is 0 Å². The molecule has 1 N–H and O–H groups in total. The Hall–Kier alpha value is 0.0500. The van der Waals surface area contributed by atoms with Crippen molar-refractivity contribution < 1.29 is 0 Å². The van der Waals surface area contributed by atoms with Gasteiger partial charge < -0.3 is 5.32 Å². The maximum Gasteiger partial charge on any atom is -0.00146 e. The molecule has 2 heteroatoms. The zero-order chi connectivity index (χ0) is 10.8. The molecule has 2 fully saturated rings. The van der Waals surface area contributed by atoms with Crippen LogP contribution in [-0.2, 0) is 0 Å². The average Bonchev–Trinajstić information content (AvgIpc) is 2.92. The number of nitrogens with one attached hydrogen (secondary N) is 1. The van der Waals surface area contributed by atoms with E-state index < -0.39 is 0 Å². The summed E-state index contributed by atoms with van der Waals surface area (Å²) < 4.78 is 0. The number of hydrogen-bond donors (Lipinski definition) is 1. The highest BCUT2D eigenvalue weighted by atomic mass is 32.2. The van der Waals surface area contributed by atoms with E-state index in [1.165, 1.54) is 50.3 Å². The largest absolute Gasteiger partial charge is 0.316 e. The molecule has 0 aromatic carbocycles. The molecule has 1 nitrogen and oxygen atoms in total. The first-order valence-electron chi connectivity index (χ1n) is 6.88. The standard InChI is InChI=1S/C14H23NS/c1-2-13-7-12(1)8-14(13)10-15-9-11-3-5-16-6-4-11/h1-2,11-15H,3-10H2. The van der Waals surface area contributed by atoms with E-state index in [1.54, 1.807) is 0 Å². The van der Waals surface area contributed by atoms with Gasteiger partial charge in [0, 0.05) is 0 Å². The molecule has 1 aliphatic heterocycles. The Morgan fingerprint density at radius 3 is 2.62 bits per heavy atom. The van der Waals surface area contributed by atoms with Crippen molar-refractivity contribution in [1.82, 2.24) is 5.32 Å². The lowest BCUT2D eigenvalue weighted by Crippen LogP contribution is -2.31.